The van der Waals surface area contributed by atoms with Crippen molar-refractivity contribution < 1.29 is 4.52 Å². The molecule has 2 saturated heterocycles. The molecule has 0 bridgehead atoms. The van der Waals surface area contributed by atoms with Crippen molar-refractivity contribution in [1.82, 2.24) is 20.8 Å². The van der Waals surface area contributed by atoms with Crippen molar-refractivity contribution in [1.29, 1.82) is 0 Å². The zero-order valence-corrected chi connectivity index (χ0v) is 9.41. The lowest BCUT2D eigenvalue weighted by molar-refractivity contribution is 0.346. The molecule has 2 atom stereocenters. The van der Waals surface area contributed by atoms with Gasteiger partial charge in [0.25, 0.3) is 0 Å². The number of rotatable bonds is 2. The van der Waals surface area contributed by atoms with Gasteiger partial charge in [-0.15, -0.1) is 0 Å². The zero-order valence-electron chi connectivity index (χ0n) is 9.41. The van der Waals surface area contributed by atoms with Crippen LogP contribution in [0.3, 0.4) is 0 Å². The second kappa shape index (κ2) is 4.51. The van der Waals surface area contributed by atoms with Gasteiger partial charge in [-0.25, -0.2) is 0 Å². The average Bonchev–Trinajstić information content (AvgIpc) is 3.01. The highest BCUT2D eigenvalue weighted by atomic mass is 16.5. The monoisotopic (exact) mass is 222 g/mol. The molecule has 2 unspecified atom stereocenters. The first-order valence-corrected chi connectivity index (χ1v) is 6.18. The van der Waals surface area contributed by atoms with Crippen LogP contribution in [0.1, 0.15) is 42.8 Å². The number of aromatic nitrogens is 2. The Morgan fingerprint density at radius 2 is 1.94 bits per heavy atom. The molecule has 0 saturated carbocycles. The van der Waals surface area contributed by atoms with Crippen LogP contribution in [0, 0.1) is 0 Å². The summed E-state index contributed by atoms with van der Waals surface area (Å²) in [6.45, 7) is 4.15. The molecule has 16 heavy (non-hydrogen) atoms. The van der Waals surface area contributed by atoms with Crippen LogP contribution in [-0.2, 0) is 0 Å². The molecule has 3 rings (SSSR count). The summed E-state index contributed by atoms with van der Waals surface area (Å²) in [5.74, 6) is 2.60. The Morgan fingerprint density at radius 1 is 1.06 bits per heavy atom. The molecule has 0 spiro atoms. The Kier molecular flexibility index (Phi) is 2.88. The molecule has 2 aliphatic rings. The van der Waals surface area contributed by atoms with Gasteiger partial charge >= 0.3 is 0 Å². The number of hydrogen-bond donors (Lipinski definition) is 2. The lowest BCUT2D eigenvalue weighted by atomic mass is 9.99. The second-order valence-electron chi connectivity index (χ2n) is 4.72. The molecule has 5 nitrogen and oxygen atoms in total. The number of nitrogens with zero attached hydrogens (tertiary/aromatic N) is 2. The molecule has 0 amide bonds. The molecule has 0 radical (unpaired) electrons. The third kappa shape index (κ3) is 1.97. The van der Waals surface area contributed by atoms with E-state index in [1.165, 1.54) is 12.8 Å². The largest absolute Gasteiger partial charge is 0.339 e. The van der Waals surface area contributed by atoms with Crippen molar-refractivity contribution in [3.05, 3.63) is 11.7 Å². The van der Waals surface area contributed by atoms with E-state index in [9.17, 15) is 0 Å². The summed E-state index contributed by atoms with van der Waals surface area (Å²) in [7, 11) is 0. The summed E-state index contributed by atoms with van der Waals surface area (Å²) in [4.78, 5) is 4.56. The van der Waals surface area contributed by atoms with E-state index in [4.69, 9.17) is 4.52 Å². The summed E-state index contributed by atoms with van der Waals surface area (Å²) in [6.07, 6.45) is 3.50. The molecular weight excluding hydrogens is 204 g/mol. The van der Waals surface area contributed by atoms with Crippen LogP contribution in [-0.4, -0.2) is 36.3 Å². The molecule has 2 fully saturated rings. The van der Waals surface area contributed by atoms with E-state index in [-0.39, 0.29) is 0 Å². The van der Waals surface area contributed by atoms with Gasteiger partial charge in [-0.2, -0.15) is 4.98 Å². The van der Waals surface area contributed by atoms with Crippen molar-refractivity contribution in [3.8, 4) is 0 Å². The Morgan fingerprint density at radius 3 is 2.69 bits per heavy atom. The molecule has 5 heteroatoms. The number of nitrogens with one attached hydrogen (secondary N) is 2. The first-order valence-electron chi connectivity index (χ1n) is 6.18. The zero-order chi connectivity index (χ0) is 10.8. The van der Waals surface area contributed by atoms with Crippen LogP contribution < -0.4 is 10.6 Å². The van der Waals surface area contributed by atoms with Crippen LogP contribution in [0.5, 0.6) is 0 Å². The van der Waals surface area contributed by atoms with Crippen molar-refractivity contribution in [3.63, 3.8) is 0 Å². The number of hydrogen-bond acceptors (Lipinski definition) is 5. The Bertz CT molecular complexity index is 340. The van der Waals surface area contributed by atoms with Gasteiger partial charge in [-0.05, 0) is 32.4 Å². The van der Waals surface area contributed by atoms with Crippen LogP contribution in [0.2, 0.25) is 0 Å². The molecule has 3 heterocycles. The highest BCUT2D eigenvalue weighted by Gasteiger charge is 2.25. The van der Waals surface area contributed by atoms with E-state index in [1.807, 2.05) is 0 Å². The molecule has 1 aromatic heterocycles. The van der Waals surface area contributed by atoms with Crippen molar-refractivity contribution in [2.75, 3.05) is 26.2 Å². The van der Waals surface area contributed by atoms with Gasteiger partial charge in [0.1, 0.15) is 0 Å². The lowest BCUT2D eigenvalue weighted by Crippen LogP contribution is -2.28. The van der Waals surface area contributed by atoms with Crippen molar-refractivity contribution in [2.24, 2.45) is 0 Å². The fourth-order valence-electron chi connectivity index (χ4n) is 2.52. The Labute approximate surface area is 95.0 Å². The minimum Gasteiger partial charge on any atom is -0.339 e. The van der Waals surface area contributed by atoms with E-state index in [1.54, 1.807) is 0 Å². The first kappa shape index (κ1) is 10.2. The molecule has 2 N–H and O–H groups in total. The first-order chi connectivity index (χ1) is 7.93. The standard InChI is InChI=1S/C11H18N4O/c1-2-8(6-12-4-1)10-14-11(16-15-10)9-3-5-13-7-9/h8-9,12-13H,1-7H2. The third-order valence-electron chi connectivity index (χ3n) is 3.53. The van der Waals surface area contributed by atoms with Crippen LogP contribution in [0.25, 0.3) is 0 Å². The average molecular weight is 222 g/mol. The maximum Gasteiger partial charge on any atom is 0.231 e. The highest BCUT2D eigenvalue weighted by Crippen LogP contribution is 2.25. The summed E-state index contributed by atoms with van der Waals surface area (Å²) in [5.41, 5.74) is 0. The van der Waals surface area contributed by atoms with Crippen molar-refractivity contribution in [2.45, 2.75) is 31.1 Å². The minimum absolute atomic E-state index is 0.429. The summed E-state index contributed by atoms with van der Waals surface area (Å²) >= 11 is 0. The lowest BCUT2D eigenvalue weighted by Gasteiger charge is -2.19. The highest BCUT2D eigenvalue weighted by molar-refractivity contribution is 5.03. The maximum atomic E-state index is 5.37. The predicted molar refractivity (Wildman–Crippen MR) is 59.4 cm³/mol. The van der Waals surface area contributed by atoms with Gasteiger partial charge < -0.3 is 15.2 Å². The predicted octanol–water partition coefficient (Wildman–Crippen LogP) is 0.613. The summed E-state index contributed by atoms with van der Waals surface area (Å²) in [6, 6.07) is 0. The number of piperidine rings is 1. The van der Waals surface area contributed by atoms with E-state index in [0.717, 1.165) is 44.3 Å². The Hall–Kier alpha value is -0.940. The van der Waals surface area contributed by atoms with Gasteiger partial charge in [0.05, 0.1) is 5.92 Å². The third-order valence-corrected chi connectivity index (χ3v) is 3.53. The Balaban J connectivity index is 1.71. The van der Waals surface area contributed by atoms with Gasteiger partial charge in [0.2, 0.25) is 5.89 Å². The molecule has 0 aliphatic carbocycles. The normalized spacial score (nSPS) is 30.8. The second-order valence-corrected chi connectivity index (χ2v) is 4.72. The smallest absolute Gasteiger partial charge is 0.231 e. The van der Waals surface area contributed by atoms with Gasteiger partial charge in [0, 0.05) is 19.0 Å². The van der Waals surface area contributed by atoms with Crippen LogP contribution in [0.15, 0.2) is 4.52 Å². The van der Waals surface area contributed by atoms with E-state index < -0.39 is 0 Å². The summed E-state index contributed by atoms with van der Waals surface area (Å²) < 4.78 is 5.37. The molecule has 0 aromatic carbocycles. The van der Waals surface area contributed by atoms with Crippen molar-refractivity contribution >= 4 is 0 Å². The molecule has 88 valence electrons. The van der Waals surface area contributed by atoms with E-state index in [0.29, 0.717) is 11.8 Å². The fraction of sp³-hybridized carbons (Fsp3) is 0.818. The van der Waals surface area contributed by atoms with Gasteiger partial charge in [-0.3, -0.25) is 0 Å². The van der Waals surface area contributed by atoms with Gasteiger partial charge in [0.15, 0.2) is 5.82 Å². The quantitative estimate of drug-likeness (QED) is 0.768. The molecular formula is C11H18N4O. The fourth-order valence-corrected chi connectivity index (χ4v) is 2.52. The van der Waals surface area contributed by atoms with Gasteiger partial charge in [-0.1, -0.05) is 5.16 Å². The topological polar surface area (TPSA) is 63.0 Å². The van der Waals surface area contributed by atoms with Crippen LogP contribution in [0.4, 0.5) is 0 Å². The SMILES string of the molecule is C1CNCC(c2noc(C3CCNC3)n2)C1. The van der Waals surface area contributed by atoms with Crippen LogP contribution >= 0.6 is 0 Å². The van der Waals surface area contributed by atoms with E-state index >= 15 is 0 Å². The molecule has 1 aromatic rings. The van der Waals surface area contributed by atoms with E-state index in [2.05, 4.69) is 20.8 Å². The minimum atomic E-state index is 0.429. The maximum absolute atomic E-state index is 5.37. The molecule has 2 aliphatic heterocycles. The summed E-state index contributed by atoms with van der Waals surface area (Å²) in [5, 5.41) is 10.8.